The summed E-state index contributed by atoms with van der Waals surface area (Å²) in [5, 5.41) is 3.47. The number of hydrogen-bond acceptors (Lipinski definition) is 5. The van der Waals surface area contributed by atoms with Gasteiger partial charge in [-0.3, -0.25) is 0 Å². The highest BCUT2D eigenvalue weighted by Crippen LogP contribution is 2.31. The van der Waals surface area contributed by atoms with Crippen molar-refractivity contribution in [1.29, 1.82) is 0 Å². The number of aromatic nitrogens is 2. The molecule has 0 radical (unpaired) electrons. The minimum atomic E-state index is 0.287. The van der Waals surface area contributed by atoms with Crippen LogP contribution in [-0.4, -0.2) is 30.2 Å². The normalized spacial score (nSPS) is 10.3. The largest absolute Gasteiger partial charge is 0.490 e. The Balaban J connectivity index is 2.19. The van der Waals surface area contributed by atoms with Gasteiger partial charge in [-0.1, -0.05) is 11.6 Å². The molecule has 112 valence electrons. The van der Waals surface area contributed by atoms with Crippen molar-refractivity contribution < 1.29 is 4.74 Å². The SMILES string of the molecule is CCN(CC)c1ccc(Nc2ncnc(Cl)c2OC)cc1. The highest BCUT2D eigenvalue weighted by Gasteiger charge is 2.10. The van der Waals surface area contributed by atoms with Gasteiger partial charge in [0.2, 0.25) is 0 Å². The number of rotatable bonds is 6. The van der Waals surface area contributed by atoms with Gasteiger partial charge in [-0.05, 0) is 38.1 Å². The lowest BCUT2D eigenvalue weighted by atomic mass is 10.2. The average molecular weight is 307 g/mol. The molecule has 0 saturated carbocycles. The van der Waals surface area contributed by atoms with Gasteiger partial charge in [-0.25, -0.2) is 9.97 Å². The molecule has 1 heterocycles. The highest BCUT2D eigenvalue weighted by molar-refractivity contribution is 6.31. The number of halogens is 1. The number of benzene rings is 1. The maximum atomic E-state index is 5.98. The molecule has 0 amide bonds. The molecule has 0 fully saturated rings. The van der Waals surface area contributed by atoms with Gasteiger partial charge >= 0.3 is 0 Å². The number of anilines is 3. The summed E-state index contributed by atoms with van der Waals surface area (Å²) < 4.78 is 5.22. The van der Waals surface area contributed by atoms with Crippen LogP contribution in [0.4, 0.5) is 17.2 Å². The van der Waals surface area contributed by atoms with Crippen molar-refractivity contribution in [2.24, 2.45) is 0 Å². The minimum Gasteiger partial charge on any atom is -0.490 e. The van der Waals surface area contributed by atoms with Gasteiger partial charge < -0.3 is 15.0 Å². The lowest BCUT2D eigenvalue weighted by Gasteiger charge is -2.21. The summed E-state index contributed by atoms with van der Waals surface area (Å²) in [5.41, 5.74) is 2.11. The molecule has 2 rings (SSSR count). The molecule has 1 aromatic heterocycles. The first-order valence-corrected chi connectivity index (χ1v) is 7.23. The van der Waals surface area contributed by atoms with Crippen molar-refractivity contribution in [2.75, 3.05) is 30.4 Å². The number of nitrogens with one attached hydrogen (secondary N) is 1. The fourth-order valence-corrected chi connectivity index (χ4v) is 2.31. The number of ether oxygens (including phenoxy) is 1. The van der Waals surface area contributed by atoms with E-state index in [4.69, 9.17) is 16.3 Å². The Kier molecular flexibility index (Phi) is 5.22. The zero-order valence-corrected chi connectivity index (χ0v) is 13.2. The third-order valence-electron chi connectivity index (χ3n) is 3.22. The van der Waals surface area contributed by atoms with Crippen molar-refractivity contribution in [3.63, 3.8) is 0 Å². The maximum absolute atomic E-state index is 5.98. The van der Waals surface area contributed by atoms with E-state index in [-0.39, 0.29) is 5.15 Å². The monoisotopic (exact) mass is 306 g/mol. The molecule has 0 aliphatic carbocycles. The summed E-state index contributed by atoms with van der Waals surface area (Å²) in [4.78, 5) is 10.3. The van der Waals surface area contributed by atoms with Crippen molar-refractivity contribution in [3.05, 3.63) is 35.7 Å². The van der Waals surface area contributed by atoms with Crippen LogP contribution in [0.5, 0.6) is 5.75 Å². The topological polar surface area (TPSA) is 50.3 Å². The molecular weight excluding hydrogens is 288 g/mol. The van der Waals surface area contributed by atoms with Crippen molar-refractivity contribution >= 4 is 28.8 Å². The summed E-state index contributed by atoms with van der Waals surface area (Å²) in [6, 6.07) is 8.15. The summed E-state index contributed by atoms with van der Waals surface area (Å²) in [5.74, 6) is 0.986. The van der Waals surface area contributed by atoms with E-state index in [0.717, 1.165) is 18.8 Å². The van der Waals surface area contributed by atoms with Crippen LogP contribution in [0.25, 0.3) is 0 Å². The summed E-state index contributed by atoms with van der Waals surface area (Å²) in [7, 11) is 1.54. The number of hydrogen-bond donors (Lipinski definition) is 1. The van der Waals surface area contributed by atoms with Crippen molar-refractivity contribution in [1.82, 2.24) is 9.97 Å². The van der Waals surface area contributed by atoms with Gasteiger partial charge in [0.1, 0.15) is 6.33 Å². The first-order chi connectivity index (χ1) is 10.2. The Hall–Kier alpha value is -2.01. The van der Waals surface area contributed by atoms with Crippen LogP contribution in [0, 0.1) is 0 Å². The highest BCUT2D eigenvalue weighted by atomic mass is 35.5. The Morgan fingerprint density at radius 3 is 2.38 bits per heavy atom. The first kappa shape index (κ1) is 15.4. The Morgan fingerprint density at radius 2 is 1.81 bits per heavy atom. The summed E-state index contributed by atoms with van der Waals surface area (Å²) >= 11 is 5.98. The van der Waals surface area contributed by atoms with Crippen LogP contribution >= 0.6 is 11.6 Å². The average Bonchev–Trinajstić information content (AvgIpc) is 2.50. The Bertz CT molecular complexity index is 585. The third kappa shape index (κ3) is 3.55. The van der Waals surface area contributed by atoms with E-state index in [1.54, 1.807) is 7.11 Å². The van der Waals surface area contributed by atoms with E-state index in [1.807, 2.05) is 12.1 Å². The van der Waals surface area contributed by atoms with Gasteiger partial charge in [0.05, 0.1) is 7.11 Å². The lowest BCUT2D eigenvalue weighted by molar-refractivity contribution is 0.413. The molecule has 0 saturated heterocycles. The van der Waals surface area contributed by atoms with Gasteiger partial charge in [0.25, 0.3) is 0 Å². The zero-order chi connectivity index (χ0) is 15.2. The molecule has 0 spiro atoms. The predicted molar refractivity (Wildman–Crippen MR) is 86.9 cm³/mol. The summed E-state index contributed by atoms with van der Waals surface area (Å²) in [6.07, 6.45) is 1.40. The van der Waals surface area contributed by atoms with E-state index in [9.17, 15) is 0 Å². The van der Waals surface area contributed by atoms with Crippen LogP contribution < -0.4 is 15.0 Å². The Labute approximate surface area is 129 Å². The van der Waals surface area contributed by atoms with Crippen LogP contribution in [0.3, 0.4) is 0 Å². The standard InChI is InChI=1S/C15H19ClN4O/c1-4-20(5-2)12-8-6-11(7-9-12)19-15-13(21-3)14(16)17-10-18-15/h6-10H,4-5H2,1-3H3,(H,17,18,19). The van der Waals surface area contributed by atoms with Crippen molar-refractivity contribution in [3.8, 4) is 5.75 Å². The molecule has 1 aromatic carbocycles. The first-order valence-electron chi connectivity index (χ1n) is 6.86. The lowest BCUT2D eigenvalue weighted by Crippen LogP contribution is -2.21. The van der Waals surface area contributed by atoms with Crippen LogP contribution in [0.15, 0.2) is 30.6 Å². The molecule has 0 bridgehead atoms. The van der Waals surface area contributed by atoms with Crippen molar-refractivity contribution in [2.45, 2.75) is 13.8 Å². The molecule has 21 heavy (non-hydrogen) atoms. The second-order valence-electron chi connectivity index (χ2n) is 4.39. The van der Waals surface area contributed by atoms with E-state index < -0.39 is 0 Å². The van der Waals surface area contributed by atoms with Crippen LogP contribution in [0.2, 0.25) is 5.15 Å². The second-order valence-corrected chi connectivity index (χ2v) is 4.75. The third-order valence-corrected chi connectivity index (χ3v) is 3.49. The number of methoxy groups -OCH3 is 1. The van der Waals surface area contributed by atoms with Gasteiger partial charge in [-0.15, -0.1) is 0 Å². The van der Waals surface area contributed by atoms with Crippen LogP contribution in [0.1, 0.15) is 13.8 Å². The van der Waals surface area contributed by atoms with Gasteiger partial charge in [-0.2, -0.15) is 0 Å². The number of nitrogens with zero attached hydrogens (tertiary/aromatic N) is 3. The molecule has 2 aromatic rings. The van der Waals surface area contributed by atoms with Gasteiger partial charge in [0, 0.05) is 24.5 Å². The zero-order valence-electron chi connectivity index (χ0n) is 12.4. The Morgan fingerprint density at radius 1 is 1.14 bits per heavy atom. The fraction of sp³-hybridized carbons (Fsp3) is 0.333. The molecule has 0 atom stereocenters. The summed E-state index contributed by atoms with van der Waals surface area (Å²) in [6.45, 7) is 6.25. The molecule has 0 aliphatic rings. The van der Waals surface area contributed by atoms with E-state index in [2.05, 4.69) is 46.2 Å². The van der Waals surface area contributed by atoms with E-state index in [0.29, 0.717) is 11.6 Å². The van der Waals surface area contributed by atoms with E-state index in [1.165, 1.54) is 12.0 Å². The maximum Gasteiger partial charge on any atom is 0.199 e. The molecule has 0 unspecified atom stereocenters. The quantitative estimate of drug-likeness (QED) is 0.824. The van der Waals surface area contributed by atoms with Gasteiger partial charge in [0.15, 0.2) is 16.7 Å². The minimum absolute atomic E-state index is 0.287. The van der Waals surface area contributed by atoms with E-state index >= 15 is 0 Å². The second kappa shape index (κ2) is 7.13. The smallest absolute Gasteiger partial charge is 0.199 e. The molecule has 5 nitrogen and oxygen atoms in total. The predicted octanol–water partition coefficient (Wildman–Crippen LogP) is 3.73. The molecule has 0 aliphatic heterocycles. The molecule has 1 N–H and O–H groups in total. The molecular formula is C15H19ClN4O. The molecule has 6 heteroatoms. The van der Waals surface area contributed by atoms with Crippen LogP contribution in [-0.2, 0) is 0 Å². The fourth-order valence-electron chi connectivity index (χ4n) is 2.10.